The van der Waals surface area contributed by atoms with Gasteiger partial charge < -0.3 is 0 Å². The lowest BCUT2D eigenvalue weighted by molar-refractivity contribution is 0.604. The van der Waals surface area contributed by atoms with Crippen LogP contribution in [0.4, 0.5) is 0 Å². The highest BCUT2D eigenvalue weighted by molar-refractivity contribution is 6.32. The lowest BCUT2D eigenvalue weighted by Gasteiger charge is -2.14. The van der Waals surface area contributed by atoms with E-state index in [0.717, 1.165) is 27.7 Å². The molecule has 0 saturated carbocycles. The first kappa shape index (κ1) is 18.1. The molecule has 0 N–H and O–H groups in total. The van der Waals surface area contributed by atoms with Gasteiger partial charge in [0.1, 0.15) is 11.6 Å². The highest BCUT2D eigenvalue weighted by Gasteiger charge is 2.17. The molecule has 0 atom stereocenters. The number of hydrogen-bond donors (Lipinski definition) is 0. The van der Waals surface area contributed by atoms with Crippen LogP contribution in [0.1, 0.15) is 41.9 Å². The summed E-state index contributed by atoms with van der Waals surface area (Å²) in [5, 5.41) is 15.4. The second kappa shape index (κ2) is 7.27. The third-order valence-corrected chi connectivity index (χ3v) is 5.09. The van der Waals surface area contributed by atoms with E-state index in [9.17, 15) is 10.1 Å². The summed E-state index contributed by atoms with van der Waals surface area (Å²) in [6, 6.07) is 9.78. The van der Waals surface area contributed by atoms with Gasteiger partial charge in [-0.3, -0.25) is 4.79 Å². The van der Waals surface area contributed by atoms with Crippen LogP contribution in [-0.2, 0) is 19.4 Å². The Kier molecular flexibility index (Phi) is 5.06. The molecule has 3 rings (SSSR count). The first-order chi connectivity index (χ1) is 12.5. The highest BCUT2D eigenvalue weighted by Crippen LogP contribution is 2.27. The van der Waals surface area contributed by atoms with Crippen molar-refractivity contribution < 1.29 is 0 Å². The number of rotatable bonds is 4. The zero-order valence-corrected chi connectivity index (χ0v) is 15.8. The first-order valence-electron chi connectivity index (χ1n) is 8.58. The minimum atomic E-state index is -0.398. The number of benzene rings is 1. The molecule has 0 amide bonds. The van der Waals surface area contributed by atoms with Crippen LogP contribution < -0.4 is 5.56 Å². The fourth-order valence-corrected chi connectivity index (χ4v) is 3.41. The maximum absolute atomic E-state index is 12.7. The molecule has 3 aromatic rings. The number of nitriles is 1. The van der Waals surface area contributed by atoms with Crippen molar-refractivity contribution in [2.24, 2.45) is 0 Å². The Morgan fingerprint density at radius 3 is 2.58 bits per heavy atom. The molecule has 0 aliphatic rings. The van der Waals surface area contributed by atoms with Gasteiger partial charge in [0.05, 0.1) is 28.5 Å². The van der Waals surface area contributed by atoms with Crippen molar-refractivity contribution in [3.8, 4) is 6.07 Å². The molecule has 6 heteroatoms. The van der Waals surface area contributed by atoms with Crippen LogP contribution in [0.5, 0.6) is 0 Å². The van der Waals surface area contributed by atoms with Crippen LogP contribution in [-0.4, -0.2) is 14.8 Å². The van der Waals surface area contributed by atoms with Gasteiger partial charge in [0.2, 0.25) is 0 Å². The maximum atomic E-state index is 12.7. The molecule has 0 unspecified atom stereocenters. The molecule has 0 aliphatic heterocycles. The molecule has 26 heavy (non-hydrogen) atoms. The minimum absolute atomic E-state index is 0.134. The molecule has 0 aliphatic carbocycles. The Labute approximate surface area is 156 Å². The summed E-state index contributed by atoms with van der Waals surface area (Å²) in [6.45, 7) is 5.95. The van der Waals surface area contributed by atoms with Crippen LogP contribution >= 0.6 is 11.6 Å². The molecule has 0 radical (unpaired) electrons. The van der Waals surface area contributed by atoms with E-state index in [1.54, 1.807) is 0 Å². The number of pyridine rings is 1. The molecule has 5 nitrogen and oxygen atoms in total. The molecule has 0 bridgehead atoms. The molecule has 0 spiro atoms. The van der Waals surface area contributed by atoms with Crippen molar-refractivity contribution in [3.63, 3.8) is 0 Å². The second-order valence-electron chi connectivity index (χ2n) is 6.10. The summed E-state index contributed by atoms with van der Waals surface area (Å²) < 4.78 is 1.30. The number of halogens is 1. The van der Waals surface area contributed by atoms with Crippen molar-refractivity contribution in [2.75, 3.05) is 0 Å². The topological polar surface area (TPSA) is 71.6 Å². The third-order valence-electron chi connectivity index (χ3n) is 4.59. The lowest BCUT2D eigenvalue weighted by atomic mass is 10.0. The third kappa shape index (κ3) is 2.97. The van der Waals surface area contributed by atoms with Gasteiger partial charge in [-0.2, -0.15) is 10.4 Å². The summed E-state index contributed by atoms with van der Waals surface area (Å²) in [6.07, 6.45) is 1.25. The van der Waals surface area contributed by atoms with E-state index >= 15 is 0 Å². The normalized spacial score (nSPS) is 10.9. The Balaban J connectivity index is 2.19. The van der Waals surface area contributed by atoms with Crippen LogP contribution in [0.2, 0.25) is 5.02 Å². The smallest absolute Gasteiger partial charge is 0.266 e. The molecule has 2 heterocycles. The quantitative estimate of drug-likeness (QED) is 0.704. The van der Waals surface area contributed by atoms with Gasteiger partial charge in [-0.25, -0.2) is 9.67 Å². The van der Waals surface area contributed by atoms with Gasteiger partial charge in [-0.1, -0.05) is 43.6 Å². The van der Waals surface area contributed by atoms with Gasteiger partial charge in [0.15, 0.2) is 0 Å². The number of fused-ring (bicyclic) bond motifs is 1. The SMILES string of the molecule is CCc1nn(Cc2nc3ccccc3c(C)c2Cl)c(=O)c(C#N)c1CC. The van der Waals surface area contributed by atoms with Crippen LogP contribution in [0.3, 0.4) is 0 Å². The zero-order chi connectivity index (χ0) is 18.8. The second-order valence-corrected chi connectivity index (χ2v) is 6.47. The van der Waals surface area contributed by atoms with Crippen molar-refractivity contribution >= 4 is 22.5 Å². The van der Waals surface area contributed by atoms with Crippen LogP contribution in [0.15, 0.2) is 29.1 Å². The lowest BCUT2D eigenvalue weighted by Crippen LogP contribution is -2.29. The van der Waals surface area contributed by atoms with E-state index in [1.807, 2.05) is 51.1 Å². The van der Waals surface area contributed by atoms with Crippen molar-refractivity contribution in [2.45, 2.75) is 40.2 Å². The summed E-state index contributed by atoms with van der Waals surface area (Å²) in [4.78, 5) is 17.3. The summed E-state index contributed by atoms with van der Waals surface area (Å²) >= 11 is 6.51. The first-order valence-corrected chi connectivity index (χ1v) is 8.96. The predicted octanol–water partition coefficient (Wildman–Crippen LogP) is 3.80. The van der Waals surface area contributed by atoms with E-state index in [-0.39, 0.29) is 12.1 Å². The Morgan fingerprint density at radius 2 is 1.92 bits per heavy atom. The molecular weight excluding hydrogens is 348 g/mol. The van der Waals surface area contributed by atoms with Gasteiger partial charge in [-0.05, 0) is 37.0 Å². The number of para-hydroxylation sites is 1. The maximum Gasteiger partial charge on any atom is 0.285 e. The van der Waals surface area contributed by atoms with Crippen molar-refractivity contribution in [1.82, 2.24) is 14.8 Å². The highest BCUT2D eigenvalue weighted by atomic mass is 35.5. The fraction of sp³-hybridized carbons (Fsp3) is 0.300. The molecule has 1 aromatic carbocycles. The van der Waals surface area contributed by atoms with Gasteiger partial charge >= 0.3 is 0 Å². The molecule has 0 fully saturated rings. The molecule has 2 aromatic heterocycles. The summed E-state index contributed by atoms with van der Waals surface area (Å²) in [5.41, 5.74) is 3.56. The fourth-order valence-electron chi connectivity index (χ4n) is 3.21. The van der Waals surface area contributed by atoms with Gasteiger partial charge in [0.25, 0.3) is 5.56 Å². The Hall–Kier alpha value is -2.71. The van der Waals surface area contributed by atoms with Crippen LogP contribution in [0.25, 0.3) is 10.9 Å². The number of nitrogens with zero attached hydrogens (tertiary/aromatic N) is 4. The molecular formula is C20H19ClN4O. The van der Waals surface area contributed by atoms with Gasteiger partial charge in [0, 0.05) is 5.39 Å². The minimum Gasteiger partial charge on any atom is -0.266 e. The van der Waals surface area contributed by atoms with E-state index < -0.39 is 5.56 Å². The summed E-state index contributed by atoms with van der Waals surface area (Å²) in [5.74, 6) is 0. The standard InChI is InChI=1S/C20H19ClN4O/c1-4-13-15(10-22)20(26)25(24-16(13)5-2)11-18-19(21)12(3)14-8-6-7-9-17(14)23-18/h6-9H,4-5,11H2,1-3H3. The van der Waals surface area contributed by atoms with Crippen LogP contribution in [0, 0.1) is 18.3 Å². The zero-order valence-electron chi connectivity index (χ0n) is 15.0. The average Bonchev–Trinajstić information content (AvgIpc) is 2.66. The summed E-state index contributed by atoms with van der Waals surface area (Å²) in [7, 11) is 0. The Bertz CT molecular complexity index is 1100. The monoisotopic (exact) mass is 366 g/mol. The largest absolute Gasteiger partial charge is 0.285 e. The van der Waals surface area contributed by atoms with E-state index in [1.165, 1.54) is 4.68 Å². The average molecular weight is 367 g/mol. The molecule has 132 valence electrons. The predicted molar refractivity (Wildman–Crippen MR) is 103 cm³/mol. The molecule has 0 saturated heterocycles. The van der Waals surface area contributed by atoms with Crippen molar-refractivity contribution in [1.29, 1.82) is 5.26 Å². The van der Waals surface area contributed by atoms with E-state index in [4.69, 9.17) is 11.6 Å². The number of hydrogen-bond acceptors (Lipinski definition) is 4. The van der Waals surface area contributed by atoms with Gasteiger partial charge in [-0.15, -0.1) is 0 Å². The van der Waals surface area contributed by atoms with E-state index in [2.05, 4.69) is 10.1 Å². The Morgan fingerprint density at radius 1 is 1.19 bits per heavy atom. The number of aromatic nitrogens is 3. The van der Waals surface area contributed by atoms with E-state index in [0.29, 0.717) is 23.6 Å². The number of aryl methyl sites for hydroxylation is 2. The van der Waals surface area contributed by atoms with Crippen molar-refractivity contribution in [3.05, 3.63) is 67.7 Å².